The van der Waals surface area contributed by atoms with Gasteiger partial charge in [-0.25, -0.2) is 0 Å². The molecular formula is C13H15NO2S. The van der Waals surface area contributed by atoms with Crippen LogP contribution >= 0.6 is 12.2 Å². The molecule has 1 fully saturated rings. The van der Waals surface area contributed by atoms with Gasteiger partial charge < -0.3 is 4.74 Å². The van der Waals surface area contributed by atoms with E-state index in [1.54, 1.807) is 12.0 Å². The second-order valence-corrected chi connectivity index (χ2v) is 4.72. The Kier molecular flexibility index (Phi) is 2.91. The largest absolute Gasteiger partial charge is 0.497 e. The summed E-state index contributed by atoms with van der Waals surface area (Å²) < 4.78 is 5.08. The van der Waals surface area contributed by atoms with Crippen LogP contribution in [-0.4, -0.2) is 18.0 Å². The average molecular weight is 249 g/mol. The van der Waals surface area contributed by atoms with Crippen molar-refractivity contribution < 1.29 is 9.53 Å². The molecule has 17 heavy (non-hydrogen) atoms. The van der Waals surface area contributed by atoms with Crippen LogP contribution in [0.4, 0.5) is 5.69 Å². The standard InChI is InChI=1S/C13H15NO2S/c1-4-13(2)11(15)14(12(13)17)9-5-7-10(16-3)8-6-9/h5-8H,4H2,1-3H3. The van der Waals surface area contributed by atoms with Gasteiger partial charge in [-0.05, 0) is 37.6 Å². The summed E-state index contributed by atoms with van der Waals surface area (Å²) in [5.41, 5.74) is 0.349. The molecule has 0 N–H and O–H groups in total. The van der Waals surface area contributed by atoms with E-state index in [2.05, 4.69) is 0 Å². The molecule has 1 amide bonds. The zero-order valence-corrected chi connectivity index (χ0v) is 11.0. The van der Waals surface area contributed by atoms with Crippen molar-refractivity contribution in [3.8, 4) is 5.75 Å². The summed E-state index contributed by atoms with van der Waals surface area (Å²) in [7, 11) is 1.61. The van der Waals surface area contributed by atoms with Crippen molar-refractivity contribution in [2.45, 2.75) is 20.3 Å². The number of ether oxygens (including phenoxy) is 1. The molecule has 1 aliphatic rings. The molecule has 1 saturated heterocycles. The van der Waals surface area contributed by atoms with Crippen molar-refractivity contribution >= 4 is 28.8 Å². The minimum absolute atomic E-state index is 0.0789. The maximum absolute atomic E-state index is 12.1. The molecule has 90 valence electrons. The number of carbonyl (C=O) groups excluding carboxylic acids is 1. The Balaban J connectivity index is 2.26. The number of nitrogens with zero attached hydrogens (tertiary/aromatic N) is 1. The number of thiocarbonyl (C=S) groups is 1. The number of benzene rings is 1. The second kappa shape index (κ2) is 4.11. The summed E-state index contributed by atoms with van der Waals surface area (Å²) in [6.07, 6.45) is 0.747. The van der Waals surface area contributed by atoms with Crippen molar-refractivity contribution in [3.63, 3.8) is 0 Å². The van der Waals surface area contributed by atoms with E-state index < -0.39 is 5.41 Å². The minimum Gasteiger partial charge on any atom is -0.497 e. The number of amides is 1. The summed E-state index contributed by atoms with van der Waals surface area (Å²) in [5.74, 6) is 0.848. The van der Waals surface area contributed by atoms with Gasteiger partial charge in [-0.15, -0.1) is 0 Å². The molecule has 0 saturated carbocycles. The monoisotopic (exact) mass is 249 g/mol. The summed E-state index contributed by atoms with van der Waals surface area (Å²) in [5, 5.41) is 0. The third-order valence-electron chi connectivity index (χ3n) is 3.39. The zero-order valence-electron chi connectivity index (χ0n) is 10.2. The first-order chi connectivity index (χ1) is 8.04. The van der Waals surface area contributed by atoms with Gasteiger partial charge in [0.15, 0.2) is 0 Å². The van der Waals surface area contributed by atoms with Crippen LogP contribution < -0.4 is 9.64 Å². The van der Waals surface area contributed by atoms with Crippen LogP contribution in [0.3, 0.4) is 0 Å². The molecule has 1 unspecified atom stereocenters. The number of β-lactam (4-membered cyclic amide) rings is 1. The number of rotatable bonds is 3. The molecule has 1 aromatic rings. The number of methoxy groups -OCH3 is 1. The predicted molar refractivity (Wildman–Crippen MR) is 71.5 cm³/mol. The van der Waals surface area contributed by atoms with Crippen LogP contribution in [0.25, 0.3) is 0 Å². The van der Waals surface area contributed by atoms with Crippen LogP contribution in [0, 0.1) is 5.41 Å². The molecule has 0 spiro atoms. The quantitative estimate of drug-likeness (QED) is 0.609. The van der Waals surface area contributed by atoms with E-state index in [0.29, 0.717) is 4.99 Å². The van der Waals surface area contributed by atoms with Crippen LogP contribution in [-0.2, 0) is 4.79 Å². The fourth-order valence-electron chi connectivity index (χ4n) is 1.89. The van der Waals surface area contributed by atoms with Gasteiger partial charge in [0.1, 0.15) is 10.7 Å². The highest BCUT2D eigenvalue weighted by molar-refractivity contribution is 7.81. The van der Waals surface area contributed by atoms with Gasteiger partial charge in [0.25, 0.3) is 0 Å². The molecule has 1 heterocycles. The number of carbonyl (C=O) groups is 1. The molecule has 4 heteroatoms. The topological polar surface area (TPSA) is 29.5 Å². The third-order valence-corrected chi connectivity index (χ3v) is 4.02. The Morgan fingerprint density at radius 1 is 1.35 bits per heavy atom. The number of hydrogen-bond donors (Lipinski definition) is 0. The molecule has 1 atom stereocenters. The second-order valence-electron chi connectivity index (χ2n) is 4.33. The van der Waals surface area contributed by atoms with Gasteiger partial charge in [0.05, 0.1) is 12.5 Å². The van der Waals surface area contributed by atoms with Gasteiger partial charge in [0.2, 0.25) is 5.91 Å². The molecule has 0 aromatic heterocycles. The molecule has 1 aliphatic heterocycles. The lowest BCUT2D eigenvalue weighted by Crippen LogP contribution is -2.64. The van der Waals surface area contributed by atoms with E-state index in [4.69, 9.17) is 17.0 Å². The lowest BCUT2D eigenvalue weighted by molar-refractivity contribution is -0.126. The molecule has 0 radical (unpaired) electrons. The Morgan fingerprint density at radius 2 is 1.94 bits per heavy atom. The van der Waals surface area contributed by atoms with E-state index >= 15 is 0 Å². The van der Waals surface area contributed by atoms with E-state index in [1.807, 2.05) is 38.1 Å². The van der Waals surface area contributed by atoms with Crippen molar-refractivity contribution in [1.29, 1.82) is 0 Å². The fraction of sp³-hybridized carbons (Fsp3) is 0.385. The molecule has 0 aliphatic carbocycles. The van der Waals surface area contributed by atoms with Gasteiger partial charge in [-0.3, -0.25) is 9.69 Å². The van der Waals surface area contributed by atoms with Gasteiger partial charge >= 0.3 is 0 Å². The fourth-order valence-corrected chi connectivity index (χ4v) is 2.31. The van der Waals surface area contributed by atoms with Gasteiger partial charge in [-0.2, -0.15) is 0 Å². The first kappa shape index (κ1) is 12.0. The lowest BCUT2D eigenvalue weighted by atomic mass is 9.78. The molecule has 2 rings (SSSR count). The highest BCUT2D eigenvalue weighted by Gasteiger charge is 2.53. The molecule has 0 bridgehead atoms. The Hall–Kier alpha value is -1.42. The SMILES string of the molecule is CCC1(C)C(=O)N(c2ccc(OC)cc2)C1=S. The van der Waals surface area contributed by atoms with Crippen molar-refractivity contribution in [1.82, 2.24) is 0 Å². The van der Waals surface area contributed by atoms with E-state index in [0.717, 1.165) is 17.9 Å². The van der Waals surface area contributed by atoms with Gasteiger partial charge in [-0.1, -0.05) is 19.1 Å². The predicted octanol–water partition coefficient (Wildman–Crippen LogP) is 2.79. The first-order valence-corrected chi connectivity index (χ1v) is 5.98. The Bertz CT molecular complexity index is 451. The first-order valence-electron chi connectivity index (χ1n) is 5.57. The highest BCUT2D eigenvalue weighted by Crippen LogP contribution is 2.41. The summed E-state index contributed by atoms with van der Waals surface area (Å²) in [6, 6.07) is 7.34. The van der Waals surface area contributed by atoms with Crippen LogP contribution in [0.5, 0.6) is 5.75 Å². The Labute approximate surface area is 106 Å². The average Bonchev–Trinajstić information content (AvgIpc) is 2.38. The van der Waals surface area contributed by atoms with Crippen LogP contribution in [0.1, 0.15) is 20.3 Å². The van der Waals surface area contributed by atoms with Crippen molar-refractivity contribution in [2.75, 3.05) is 12.0 Å². The van der Waals surface area contributed by atoms with Crippen molar-refractivity contribution in [3.05, 3.63) is 24.3 Å². The zero-order chi connectivity index (χ0) is 12.6. The lowest BCUT2D eigenvalue weighted by Gasteiger charge is -2.46. The van der Waals surface area contributed by atoms with E-state index in [9.17, 15) is 4.79 Å². The van der Waals surface area contributed by atoms with Crippen LogP contribution in [0.15, 0.2) is 24.3 Å². The van der Waals surface area contributed by atoms with E-state index in [1.165, 1.54) is 0 Å². The molecular weight excluding hydrogens is 234 g/mol. The minimum atomic E-state index is -0.463. The normalized spacial score (nSPS) is 23.6. The van der Waals surface area contributed by atoms with E-state index in [-0.39, 0.29) is 5.91 Å². The molecule has 3 nitrogen and oxygen atoms in total. The maximum atomic E-state index is 12.1. The summed E-state index contributed by atoms with van der Waals surface area (Å²) in [6.45, 7) is 3.88. The van der Waals surface area contributed by atoms with Crippen molar-refractivity contribution in [2.24, 2.45) is 5.41 Å². The molecule has 1 aromatic carbocycles. The van der Waals surface area contributed by atoms with Gasteiger partial charge in [0, 0.05) is 5.69 Å². The Morgan fingerprint density at radius 3 is 2.35 bits per heavy atom. The summed E-state index contributed by atoms with van der Waals surface area (Å²) in [4.78, 5) is 14.4. The number of anilines is 1. The third kappa shape index (κ3) is 1.63. The highest BCUT2D eigenvalue weighted by atomic mass is 32.1. The smallest absolute Gasteiger partial charge is 0.244 e. The maximum Gasteiger partial charge on any atom is 0.244 e. The summed E-state index contributed by atoms with van der Waals surface area (Å²) >= 11 is 5.33. The number of hydrogen-bond acceptors (Lipinski definition) is 3. The van der Waals surface area contributed by atoms with Crippen LogP contribution in [0.2, 0.25) is 0 Å².